The molecule has 5 heteroatoms. The van der Waals surface area contributed by atoms with E-state index in [-0.39, 0.29) is 11.7 Å². The second-order valence-electron chi connectivity index (χ2n) is 5.58. The molecule has 0 saturated heterocycles. The van der Waals surface area contributed by atoms with Crippen LogP contribution in [0.4, 0.5) is 4.39 Å². The number of aryl methyl sites for hydroxylation is 1. The van der Waals surface area contributed by atoms with Crippen molar-refractivity contribution in [2.24, 2.45) is 0 Å². The summed E-state index contributed by atoms with van der Waals surface area (Å²) < 4.78 is 13.5. The number of nitrogens with zero attached hydrogens (tertiary/aromatic N) is 2. The Morgan fingerprint density at radius 3 is 2.83 bits per heavy atom. The third-order valence-corrected chi connectivity index (χ3v) is 3.49. The lowest BCUT2D eigenvalue weighted by molar-refractivity contribution is -0.122. The molecule has 0 fully saturated rings. The second-order valence-corrected chi connectivity index (χ2v) is 5.58. The van der Waals surface area contributed by atoms with Gasteiger partial charge in [0, 0.05) is 25.5 Å². The van der Waals surface area contributed by atoms with E-state index in [4.69, 9.17) is 0 Å². The molecule has 1 aromatic heterocycles. The van der Waals surface area contributed by atoms with Crippen molar-refractivity contribution >= 4 is 5.91 Å². The largest absolute Gasteiger partial charge is 0.355 e. The molecule has 4 nitrogen and oxygen atoms in total. The van der Waals surface area contributed by atoms with E-state index < -0.39 is 0 Å². The number of aromatic nitrogens is 1. The Balaban J connectivity index is 1.64. The summed E-state index contributed by atoms with van der Waals surface area (Å²) in [5, 5.41) is 2.87. The number of benzene rings is 1. The average Bonchev–Trinajstić information content (AvgIpc) is 2.54. The first-order valence-electron chi connectivity index (χ1n) is 7.72. The number of amides is 1. The van der Waals surface area contributed by atoms with Crippen molar-refractivity contribution in [2.45, 2.75) is 19.4 Å². The van der Waals surface area contributed by atoms with Gasteiger partial charge in [0.25, 0.3) is 0 Å². The maximum atomic E-state index is 13.5. The van der Waals surface area contributed by atoms with Crippen LogP contribution in [0.15, 0.2) is 48.8 Å². The van der Waals surface area contributed by atoms with E-state index in [1.165, 1.54) is 6.07 Å². The van der Waals surface area contributed by atoms with Crippen molar-refractivity contribution < 1.29 is 9.18 Å². The highest BCUT2D eigenvalue weighted by molar-refractivity contribution is 5.77. The van der Waals surface area contributed by atoms with E-state index in [2.05, 4.69) is 10.3 Å². The van der Waals surface area contributed by atoms with E-state index in [1.54, 1.807) is 24.5 Å². The second kappa shape index (κ2) is 9.00. The molecular formula is C18H22FN3O. The maximum absolute atomic E-state index is 13.5. The van der Waals surface area contributed by atoms with Gasteiger partial charge in [0.2, 0.25) is 5.91 Å². The SMILES string of the molecule is CN(CC(=O)NCCCc1ccccc1F)Cc1cccnc1. The molecule has 0 aliphatic rings. The van der Waals surface area contributed by atoms with Gasteiger partial charge in [-0.1, -0.05) is 24.3 Å². The van der Waals surface area contributed by atoms with Crippen LogP contribution in [0.2, 0.25) is 0 Å². The van der Waals surface area contributed by atoms with Gasteiger partial charge in [-0.25, -0.2) is 4.39 Å². The molecule has 1 aromatic carbocycles. The molecule has 0 radical (unpaired) electrons. The monoisotopic (exact) mass is 315 g/mol. The molecule has 2 rings (SSSR count). The Labute approximate surface area is 136 Å². The quantitative estimate of drug-likeness (QED) is 0.761. The van der Waals surface area contributed by atoms with Crippen molar-refractivity contribution in [3.05, 3.63) is 65.7 Å². The summed E-state index contributed by atoms with van der Waals surface area (Å²) in [6.45, 7) is 1.55. The first kappa shape index (κ1) is 17.1. The number of hydrogen-bond acceptors (Lipinski definition) is 3. The van der Waals surface area contributed by atoms with Crippen molar-refractivity contribution in [1.29, 1.82) is 0 Å². The molecule has 0 aliphatic heterocycles. The minimum Gasteiger partial charge on any atom is -0.355 e. The predicted molar refractivity (Wildman–Crippen MR) is 88.3 cm³/mol. The highest BCUT2D eigenvalue weighted by Gasteiger charge is 2.07. The zero-order chi connectivity index (χ0) is 16.5. The number of likely N-dealkylation sites (N-methyl/N-ethyl adjacent to an activating group) is 1. The van der Waals surface area contributed by atoms with Crippen LogP contribution in [0.1, 0.15) is 17.5 Å². The number of nitrogens with one attached hydrogen (secondary N) is 1. The molecule has 0 aliphatic carbocycles. The van der Waals surface area contributed by atoms with Crippen LogP contribution in [0.3, 0.4) is 0 Å². The fourth-order valence-corrected chi connectivity index (χ4v) is 2.37. The first-order chi connectivity index (χ1) is 11.1. The minimum absolute atomic E-state index is 0.0232. The molecule has 1 heterocycles. The maximum Gasteiger partial charge on any atom is 0.234 e. The van der Waals surface area contributed by atoms with E-state index in [0.29, 0.717) is 31.6 Å². The Morgan fingerprint density at radius 1 is 1.26 bits per heavy atom. The lowest BCUT2D eigenvalue weighted by Crippen LogP contribution is -2.35. The summed E-state index contributed by atoms with van der Waals surface area (Å²) in [6, 6.07) is 10.6. The van der Waals surface area contributed by atoms with Crippen LogP contribution in [-0.2, 0) is 17.8 Å². The van der Waals surface area contributed by atoms with Gasteiger partial charge in [0.05, 0.1) is 6.54 Å². The molecule has 0 atom stereocenters. The number of carbonyl (C=O) groups is 1. The molecule has 1 N–H and O–H groups in total. The zero-order valence-corrected chi connectivity index (χ0v) is 13.3. The summed E-state index contributed by atoms with van der Waals surface area (Å²) in [6.07, 6.45) is 4.87. The Bertz CT molecular complexity index is 619. The average molecular weight is 315 g/mol. The third-order valence-electron chi connectivity index (χ3n) is 3.49. The number of halogens is 1. The van der Waals surface area contributed by atoms with Gasteiger partial charge in [0.1, 0.15) is 5.82 Å². The number of hydrogen-bond donors (Lipinski definition) is 1. The fraction of sp³-hybridized carbons (Fsp3) is 0.333. The van der Waals surface area contributed by atoms with Crippen molar-refractivity contribution in [3.8, 4) is 0 Å². The lowest BCUT2D eigenvalue weighted by Gasteiger charge is -2.16. The predicted octanol–water partition coefficient (Wildman–Crippen LogP) is 2.40. The van der Waals surface area contributed by atoms with E-state index >= 15 is 0 Å². The molecule has 1 amide bonds. The molecule has 2 aromatic rings. The lowest BCUT2D eigenvalue weighted by atomic mass is 10.1. The van der Waals surface area contributed by atoms with E-state index in [0.717, 1.165) is 12.0 Å². The molecule has 0 spiro atoms. The summed E-state index contributed by atoms with van der Waals surface area (Å²) in [4.78, 5) is 17.9. The van der Waals surface area contributed by atoms with Crippen molar-refractivity contribution in [3.63, 3.8) is 0 Å². The number of rotatable bonds is 8. The van der Waals surface area contributed by atoms with Gasteiger partial charge in [0.15, 0.2) is 0 Å². The third kappa shape index (κ3) is 6.16. The summed E-state index contributed by atoms with van der Waals surface area (Å²) in [5.41, 5.74) is 1.76. The molecular weight excluding hydrogens is 293 g/mol. The van der Waals surface area contributed by atoms with Crippen LogP contribution in [-0.4, -0.2) is 35.9 Å². The Morgan fingerprint density at radius 2 is 2.09 bits per heavy atom. The molecule has 0 bridgehead atoms. The van der Waals surface area contributed by atoms with Crippen molar-refractivity contribution in [2.75, 3.05) is 20.1 Å². The van der Waals surface area contributed by atoms with Gasteiger partial charge in [-0.2, -0.15) is 0 Å². The van der Waals surface area contributed by atoms with Gasteiger partial charge < -0.3 is 5.32 Å². The Hall–Kier alpha value is -2.27. The molecule has 122 valence electrons. The first-order valence-corrected chi connectivity index (χ1v) is 7.72. The van der Waals surface area contributed by atoms with Gasteiger partial charge in [-0.05, 0) is 43.1 Å². The van der Waals surface area contributed by atoms with Crippen LogP contribution >= 0.6 is 0 Å². The zero-order valence-electron chi connectivity index (χ0n) is 13.3. The standard InChI is InChI=1S/C18H22FN3O/c1-22(13-15-6-4-10-20-12-15)14-18(23)21-11-5-8-16-7-2-3-9-17(16)19/h2-4,6-7,9-10,12H,5,8,11,13-14H2,1H3,(H,21,23). The molecule has 23 heavy (non-hydrogen) atoms. The molecule has 0 saturated carbocycles. The molecule has 0 unspecified atom stereocenters. The summed E-state index contributed by atoms with van der Waals surface area (Å²) >= 11 is 0. The smallest absolute Gasteiger partial charge is 0.234 e. The van der Waals surface area contributed by atoms with Gasteiger partial charge >= 0.3 is 0 Å². The minimum atomic E-state index is -0.185. The van der Waals surface area contributed by atoms with E-state index in [9.17, 15) is 9.18 Å². The topological polar surface area (TPSA) is 45.2 Å². The fourth-order valence-electron chi connectivity index (χ4n) is 2.37. The number of pyridine rings is 1. The normalized spacial score (nSPS) is 10.7. The highest BCUT2D eigenvalue weighted by Crippen LogP contribution is 2.08. The summed E-state index contributed by atoms with van der Waals surface area (Å²) in [5.74, 6) is -0.208. The van der Waals surface area contributed by atoms with Crippen LogP contribution < -0.4 is 5.32 Å². The number of carbonyl (C=O) groups excluding carboxylic acids is 1. The van der Waals surface area contributed by atoms with E-state index in [1.807, 2.05) is 30.1 Å². The van der Waals surface area contributed by atoms with Crippen LogP contribution in [0.5, 0.6) is 0 Å². The van der Waals surface area contributed by atoms with Crippen molar-refractivity contribution in [1.82, 2.24) is 15.2 Å². The van der Waals surface area contributed by atoms with Crippen LogP contribution in [0, 0.1) is 5.82 Å². The summed E-state index contributed by atoms with van der Waals surface area (Å²) in [7, 11) is 1.89. The highest BCUT2D eigenvalue weighted by atomic mass is 19.1. The van der Waals surface area contributed by atoms with Crippen LogP contribution in [0.25, 0.3) is 0 Å². The van der Waals surface area contributed by atoms with Gasteiger partial charge in [-0.3, -0.25) is 14.7 Å². The van der Waals surface area contributed by atoms with Gasteiger partial charge in [-0.15, -0.1) is 0 Å². The Kier molecular flexibility index (Phi) is 6.69.